The zero-order valence-corrected chi connectivity index (χ0v) is 7.21. The van der Waals surface area contributed by atoms with Crippen molar-refractivity contribution in [3.63, 3.8) is 0 Å². The second kappa shape index (κ2) is 2.84. The number of hydrogen-bond donors (Lipinski definition) is 1. The summed E-state index contributed by atoms with van der Waals surface area (Å²) in [7, 11) is -2.23. The van der Waals surface area contributed by atoms with Crippen LogP contribution in [0.1, 0.15) is 0 Å². The Labute approximate surface area is 66.4 Å². The summed E-state index contributed by atoms with van der Waals surface area (Å²) in [5.41, 5.74) is 1.58. The fourth-order valence-electron chi connectivity index (χ4n) is 0.849. The maximum absolute atomic E-state index is 11.1. The number of nitrogens with zero attached hydrogens (tertiary/aromatic N) is 1. The third kappa shape index (κ3) is 1.91. The van der Waals surface area contributed by atoms with Gasteiger partial charge in [-0.1, -0.05) is 12.2 Å². The van der Waals surface area contributed by atoms with Crippen molar-refractivity contribution in [1.82, 2.24) is 4.90 Å². The molecule has 10 heavy (non-hydrogen) atoms. The van der Waals surface area contributed by atoms with Crippen molar-refractivity contribution >= 4 is 27.4 Å². The lowest BCUT2D eigenvalue weighted by molar-refractivity contribution is 0.472. The van der Waals surface area contributed by atoms with E-state index in [1.54, 1.807) is 5.49 Å². The fraction of sp³-hybridized carbons (Fsp3) is 0.800. The van der Waals surface area contributed by atoms with E-state index in [1.807, 2.05) is 4.90 Å². The van der Waals surface area contributed by atoms with E-state index in [2.05, 4.69) is 0 Å². The molecule has 1 N–H and O–H groups in total. The van der Waals surface area contributed by atoms with Crippen LogP contribution in [0.4, 0.5) is 0 Å². The third-order valence-electron chi connectivity index (χ3n) is 1.57. The molecule has 1 heterocycles. The molecule has 0 aliphatic carbocycles. The molecule has 1 fully saturated rings. The van der Waals surface area contributed by atoms with E-state index < -0.39 is 9.73 Å². The van der Waals surface area contributed by atoms with Crippen LogP contribution in [-0.2, 0) is 9.73 Å². The number of rotatable bonds is 1. The van der Waals surface area contributed by atoms with Gasteiger partial charge in [-0.25, -0.2) is 4.21 Å². The van der Waals surface area contributed by atoms with Crippen molar-refractivity contribution in [3.05, 3.63) is 0 Å². The molecule has 0 atom stereocenters. The van der Waals surface area contributed by atoms with Gasteiger partial charge in [0, 0.05) is 34.3 Å². The Morgan fingerprint density at radius 3 is 2.40 bits per heavy atom. The molecule has 5 heteroatoms. The molecule has 0 amide bonds. The first-order valence-corrected chi connectivity index (χ1v) is 5.44. The predicted molar refractivity (Wildman–Crippen MR) is 45.8 cm³/mol. The van der Waals surface area contributed by atoms with E-state index in [1.165, 1.54) is 0 Å². The van der Waals surface area contributed by atoms with Crippen molar-refractivity contribution in [2.75, 3.05) is 24.6 Å². The van der Waals surface area contributed by atoms with Crippen LogP contribution < -0.4 is 0 Å². The van der Waals surface area contributed by atoms with Gasteiger partial charge in [0.15, 0.2) is 0 Å². The molecule has 0 aromatic carbocycles. The molecule has 0 aromatic heterocycles. The molecular weight excluding hydrogens is 168 g/mol. The standard InChI is InChI=1S/C5H10N2OS2/c6-10(8)3-1-7(5-9)2-4-10/h5-6H,1-4H2. The summed E-state index contributed by atoms with van der Waals surface area (Å²) in [6.45, 7) is 1.37. The van der Waals surface area contributed by atoms with Gasteiger partial charge in [-0.05, 0) is 0 Å². The summed E-state index contributed by atoms with van der Waals surface area (Å²) in [6.07, 6.45) is 0. The molecule has 0 radical (unpaired) electrons. The molecule has 58 valence electrons. The smallest absolute Gasteiger partial charge is 0.0641 e. The summed E-state index contributed by atoms with van der Waals surface area (Å²) in [5, 5.41) is 0. The first-order valence-electron chi connectivity index (χ1n) is 3.07. The van der Waals surface area contributed by atoms with Gasteiger partial charge in [0.2, 0.25) is 0 Å². The Kier molecular flexibility index (Phi) is 2.25. The Morgan fingerprint density at radius 1 is 1.50 bits per heavy atom. The van der Waals surface area contributed by atoms with Crippen LogP contribution in [0, 0.1) is 4.78 Å². The highest BCUT2D eigenvalue weighted by Crippen LogP contribution is 2.01. The summed E-state index contributed by atoms with van der Waals surface area (Å²) < 4.78 is 18.3. The lowest BCUT2D eigenvalue weighted by atomic mass is 10.6. The van der Waals surface area contributed by atoms with Crippen LogP contribution in [0.25, 0.3) is 0 Å². The third-order valence-corrected chi connectivity index (χ3v) is 3.55. The van der Waals surface area contributed by atoms with E-state index in [-0.39, 0.29) is 0 Å². The number of nitrogens with one attached hydrogen (secondary N) is 1. The molecule has 0 unspecified atom stereocenters. The van der Waals surface area contributed by atoms with Gasteiger partial charge in [0.05, 0.1) is 5.49 Å². The second-order valence-corrected chi connectivity index (χ2v) is 5.01. The summed E-state index contributed by atoms with van der Waals surface area (Å²) >= 11 is 4.69. The molecule has 1 aliphatic rings. The highest BCUT2D eigenvalue weighted by atomic mass is 32.2. The van der Waals surface area contributed by atoms with Crippen LogP contribution in [0.3, 0.4) is 0 Å². The zero-order valence-electron chi connectivity index (χ0n) is 5.58. The predicted octanol–water partition coefficient (Wildman–Crippen LogP) is 0.306. The van der Waals surface area contributed by atoms with Gasteiger partial charge < -0.3 is 4.90 Å². The molecule has 3 nitrogen and oxygen atoms in total. The lowest BCUT2D eigenvalue weighted by Crippen LogP contribution is -2.38. The minimum Gasteiger partial charge on any atom is -0.367 e. The average molecular weight is 178 g/mol. The first-order chi connectivity index (χ1) is 4.64. The van der Waals surface area contributed by atoms with Crippen LogP contribution in [0.5, 0.6) is 0 Å². The zero-order chi connectivity index (χ0) is 7.61. The van der Waals surface area contributed by atoms with Crippen LogP contribution in [0.2, 0.25) is 0 Å². The topological polar surface area (TPSA) is 44.2 Å². The minimum atomic E-state index is -2.23. The lowest BCUT2D eigenvalue weighted by Gasteiger charge is -2.25. The monoisotopic (exact) mass is 178 g/mol. The van der Waals surface area contributed by atoms with Crippen molar-refractivity contribution in [3.8, 4) is 0 Å². The summed E-state index contributed by atoms with van der Waals surface area (Å²) in [5.74, 6) is 0.945. The van der Waals surface area contributed by atoms with E-state index in [0.717, 1.165) is 0 Å². The van der Waals surface area contributed by atoms with Crippen LogP contribution in [0.15, 0.2) is 0 Å². The van der Waals surface area contributed by atoms with Crippen molar-refractivity contribution < 1.29 is 4.21 Å². The molecule has 0 bridgehead atoms. The molecule has 0 saturated carbocycles. The van der Waals surface area contributed by atoms with Gasteiger partial charge in [0.25, 0.3) is 0 Å². The van der Waals surface area contributed by atoms with Crippen LogP contribution in [-0.4, -0.2) is 39.2 Å². The van der Waals surface area contributed by atoms with E-state index in [0.29, 0.717) is 24.6 Å². The average Bonchev–Trinajstić information content (AvgIpc) is 1.88. The van der Waals surface area contributed by atoms with E-state index in [9.17, 15) is 4.21 Å². The van der Waals surface area contributed by atoms with Gasteiger partial charge in [-0.3, -0.25) is 4.78 Å². The normalized spacial score (nSPS) is 24.2. The van der Waals surface area contributed by atoms with Crippen molar-refractivity contribution in [2.24, 2.45) is 0 Å². The molecule has 1 rings (SSSR count). The molecule has 1 saturated heterocycles. The molecule has 0 aromatic rings. The maximum Gasteiger partial charge on any atom is 0.0641 e. The Hall–Kier alpha value is -0.160. The highest BCUT2D eigenvalue weighted by molar-refractivity contribution is 7.92. The van der Waals surface area contributed by atoms with Gasteiger partial charge in [0.1, 0.15) is 0 Å². The first kappa shape index (κ1) is 7.94. The van der Waals surface area contributed by atoms with Gasteiger partial charge in [-0.15, -0.1) is 0 Å². The quantitative estimate of drug-likeness (QED) is 0.588. The van der Waals surface area contributed by atoms with E-state index in [4.69, 9.17) is 17.0 Å². The second-order valence-electron chi connectivity index (χ2n) is 2.36. The number of thiocarbonyl (C=S) groups is 1. The van der Waals surface area contributed by atoms with Crippen molar-refractivity contribution in [2.45, 2.75) is 0 Å². The summed E-state index contributed by atoms with van der Waals surface area (Å²) in [6, 6.07) is 0. The van der Waals surface area contributed by atoms with E-state index >= 15 is 0 Å². The maximum atomic E-state index is 11.1. The Balaban J connectivity index is 2.54. The minimum absolute atomic E-state index is 0.472. The fourth-order valence-corrected chi connectivity index (χ4v) is 2.32. The Morgan fingerprint density at radius 2 is 2.00 bits per heavy atom. The van der Waals surface area contributed by atoms with Gasteiger partial charge in [-0.2, -0.15) is 0 Å². The molecular formula is C5H10N2OS2. The summed E-state index contributed by atoms with van der Waals surface area (Å²) in [4.78, 5) is 1.92. The van der Waals surface area contributed by atoms with Crippen molar-refractivity contribution in [1.29, 1.82) is 4.78 Å². The van der Waals surface area contributed by atoms with Crippen LogP contribution >= 0.6 is 12.2 Å². The molecule has 1 aliphatic heterocycles. The highest BCUT2D eigenvalue weighted by Gasteiger charge is 2.15. The SMILES string of the molecule is N=S1(=O)CCN(C=S)CC1. The number of hydrogen-bond acceptors (Lipinski definition) is 3. The largest absolute Gasteiger partial charge is 0.367 e. The Bertz CT molecular complexity index is 208. The van der Waals surface area contributed by atoms with Gasteiger partial charge >= 0.3 is 0 Å². The molecule has 0 spiro atoms.